The van der Waals surface area contributed by atoms with Crippen molar-refractivity contribution in [3.63, 3.8) is 0 Å². The molecule has 0 aliphatic rings. The Labute approximate surface area is 140 Å². The molecule has 0 bridgehead atoms. The zero-order valence-corrected chi connectivity index (χ0v) is 12.9. The fourth-order valence-electron chi connectivity index (χ4n) is 2.59. The van der Waals surface area contributed by atoms with E-state index in [1.54, 1.807) is 30.3 Å². The highest BCUT2D eigenvalue weighted by molar-refractivity contribution is 5.90. The number of esters is 1. The van der Waals surface area contributed by atoms with Crippen molar-refractivity contribution in [3.05, 3.63) is 65.4 Å². The summed E-state index contributed by atoms with van der Waals surface area (Å²) in [7, 11) is 0. The predicted molar refractivity (Wildman–Crippen MR) is 84.9 cm³/mol. The summed E-state index contributed by atoms with van der Waals surface area (Å²) in [6.07, 6.45) is -5.20. The molecule has 1 heterocycles. The number of H-pyrrole nitrogens is 1. The van der Waals surface area contributed by atoms with Gasteiger partial charge in [-0.15, -0.1) is 0 Å². The van der Waals surface area contributed by atoms with Crippen LogP contribution in [0, 0.1) is 0 Å². The molecule has 0 aliphatic carbocycles. The highest BCUT2D eigenvalue weighted by atomic mass is 19.4. The number of aromatic amines is 1. The van der Waals surface area contributed by atoms with Gasteiger partial charge in [-0.3, -0.25) is 4.79 Å². The number of phenolic OH excluding ortho intramolecular Hbond substituents is 1. The lowest BCUT2D eigenvalue weighted by Crippen LogP contribution is -2.13. The second kappa shape index (κ2) is 6.51. The van der Waals surface area contributed by atoms with E-state index in [0.29, 0.717) is 0 Å². The summed E-state index contributed by atoms with van der Waals surface area (Å²) in [4.78, 5) is 14.3. The number of alkyl halides is 3. The first-order valence-corrected chi connectivity index (χ1v) is 7.45. The number of halogens is 3. The Morgan fingerprint density at radius 1 is 1.12 bits per heavy atom. The highest BCUT2D eigenvalue weighted by Gasteiger charge is 2.37. The van der Waals surface area contributed by atoms with E-state index in [1.165, 1.54) is 18.2 Å². The molecule has 0 fully saturated rings. The van der Waals surface area contributed by atoms with Crippen LogP contribution < -0.4 is 0 Å². The van der Waals surface area contributed by atoms with E-state index in [0.717, 1.165) is 5.56 Å². The fourth-order valence-corrected chi connectivity index (χ4v) is 2.59. The first-order chi connectivity index (χ1) is 11.8. The molecule has 1 aromatic heterocycles. The summed E-state index contributed by atoms with van der Waals surface area (Å²) >= 11 is 0. The van der Waals surface area contributed by atoms with Crippen LogP contribution in [0.3, 0.4) is 0 Å². The topological polar surface area (TPSA) is 62.3 Å². The minimum atomic E-state index is -4.65. The molecule has 0 amide bonds. The van der Waals surface area contributed by atoms with Crippen molar-refractivity contribution in [3.8, 4) is 5.75 Å². The van der Waals surface area contributed by atoms with Gasteiger partial charge in [0.25, 0.3) is 0 Å². The van der Waals surface area contributed by atoms with Crippen molar-refractivity contribution in [1.29, 1.82) is 0 Å². The summed E-state index contributed by atoms with van der Waals surface area (Å²) < 4.78 is 44.8. The summed E-state index contributed by atoms with van der Waals surface area (Å²) in [5, 5.41) is 9.68. The number of nitrogens with one attached hydrogen (secondary N) is 1. The highest BCUT2D eigenvalue weighted by Crippen LogP contribution is 2.36. The van der Waals surface area contributed by atoms with E-state index in [9.17, 15) is 23.1 Å². The van der Waals surface area contributed by atoms with Gasteiger partial charge in [0.1, 0.15) is 18.1 Å². The maximum atomic E-state index is 13.2. The number of carbonyl (C=O) groups is 1. The number of aromatic hydroxyl groups is 1. The maximum Gasteiger partial charge on any atom is 0.431 e. The van der Waals surface area contributed by atoms with Gasteiger partial charge in [-0.25, -0.2) is 0 Å². The Kier molecular flexibility index (Phi) is 4.39. The number of carbonyl (C=O) groups excluding carboxylic acids is 1. The van der Waals surface area contributed by atoms with Crippen LogP contribution >= 0.6 is 0 Å². The average Bonchev–Trinajstić information content (AvgIpc) is 2.92. The zero-order chi connectivity index (χ0) is 18.0. The molecule has 130 valence electrons. The molecule has 0 spiro atoms. The van der Waals surface area contributed by atoms with E-state index in [2.05, 4.69) is 4.98 Å². The van der Waals surface area contributed by atoms with Crippen molar-refractivity contribution in [2.75, 3.05) is 0 Å². The second-order valence-electron chi connectivity index (χ2n) is 5.53. The third-order valence-corrected chi connectivity index (χ3v) is 3.74. The number of rotatable bonds is 4. The summed E-state index contributed by atoms with van der Waals surface area (Å²) in [5.74, 6) is -0.960. The molecular weight excluding hydrogens is 335 g/mol. The van der Waals surface area contributed by atoms with E-state index in [1.807, 2.05) is 0 Å². The molecule has 4 nitrogen and oxygen atoms in total. The summed E-state index contributed by atoms with van der Waals surface area (Å²) in [5.41, 5.74) is -0.319. The molecule has 0 atom stereocenters. The molecule has 2 aromatic carbocycles. The van der Waals surface area contributed by atoms with Crippen molar-refractivity contribution in [1.82, 2.24) is 4.98 Å². The van der Waals surface area contributed by atoms with Gasteiger partial charge in [0.2, 0.25) is 0 Å². The van der Waals surface area contributed by atoms with Gasteiger partial charge in [0, 0.05) is 16.5 Å². The van der Waals surface area contributed by atoms with E-state index >= 15 is 0 Å². The third-order valence-electron chi connectivity index (χ3n) is 3.74. The molecule has 0 unspecified atom stereocenters. The van der Waals surface area contributed by atoms with Gasteiger partial charge in [0.05, 0.1) is 6.42 Å². The van der Waals surface area contributed by atoms with Gasteiger partial charge >= 0.3 is 12.1 Å². The number of aromatic nitrogens is 1. The Balaban J connectivity index is 1.86. The number of hydrogen-bond donors (Lipinski definition) is 2. The zero-order valence-electron chi connectivity index (χ0n) is 12.9. The van der Waals surface area contributed by atoms with Crippen LogP contribution in [0.25, 0.3) is 10.9 Å². The monoisotopic (exact) mass is 349 g/mol. The molecule has 3 rings (SSSR count). The lowest BCUT2D eigenvalue weighted by Gasteiger charge is -2.09. The maximum absolute atomic E-state index is 13.2. The van der Waals surface area contributed by atoms with Crippen LogP contribution in [-0.4, -0.2) is 16.1 Å². The molecule has 0 saturated carbocycles. The Morgan fingerprint density at radius 2 is 1.84 bits per heavy atom. The first-order valence-electron chi connectivity index (χ1n) is 7.45. The minimum absolute atomic E-state index is 0.0192. The molecule has 0 saturated heterocycles. The van der Waals surface area contributed by atoms with Crippen LogP contribution in [0.2, 0.25) is 0 Å². The normalized spacial score (nSPS) is 11.6. The lowest BCUT2D eigenvalue weighted by molar-refractivity contribution is -0.145. The lowest BCUT2D eigenvalue weighted by atomic mass is 10.1. The molecule has 7 heteroatoms. The van der Waals surface area contributed by atoms with E-state index in [4.69, 9.17) is 4.74 Å². The molecule has 0 aliphatic heterocycles. The van der Waals surface area contributed by atoms with Crippen LogP contribution in [0.15, 0.2) is 48.5 Å². The molecule has 0 radical (unpaired) electrons. The van der Waals surface area contributed by atoms with Gasteiger partial charge in [-0.1, -0.05) is 30.3 Å². The fraction of sp³-hybridized carbons (Fsp3) is 0.167. The predicted octanol–water partition coefficient (Wildman–Crippen LogP) is 4.18. The smallest absolute Gasteiger partial charge is 0.431 e. The quantitative estimate of drug-likeness (QED) is 0.695. The number of ether oxygens (including phenoxy) is 1. The Morgan fingerprint density at radius 3 is 2.52 bits per heavy atom. The Bertz CT molecular complexity index is 901. The Hall–Kier alpha value is -2.96. The first kappa shape index (κ1) is 16.9. The number of hydrogen-bond acceptors (Lipinski definition) is 3. The molecular formula is C18H14F3NO3. The van der Waals surface area contributed by atoms with Crippen molar-refractivity contribution in [2.45, 2.75) is 19.2 Å². The largest absolute Gasteiger partial charge is 0.508 e. The van der Waals surface area contributed by atoms with Crippen molar-refractivity contribution in [2.24, 2.45) is 0 Å². The van der Waals surface area contributed by atoms with Crippen LogP contribution in [0.4, 0.5) is 13.2 Å². The average molecular weight is 349 g/mol. The van der Waals surface area contributed by atoms with Crippen LogP contribution in [0.1, 0.15) is 16.8 Å². The second-order valence-corrected chi connectivity index (χ2v) is 5.53. The number of benzene rings is 2. The molecule has 25 heavy (non-hydrogen) atoms. The van der Waals surface area contributed by atoms with Crippen molar-refractivity contribution >= 4 is 16.9 Å². The summed E-state index contributed by atoms with van der Waals surface area (Å²) in [6.45, 7) is -0.0192. The van der Waals surface area contributed by atoms with Gasteiger partial charge in [0.15, 0.2) is 0 Å². The van der Waals surface area contributed by atoms with Crippen LogP contribution in [0.5, 0.6) is 5.75 Å². The number of phenols is 1. The van der Waals surface area contributed by atoms with Crippen LogP contribution in [-0.2, 0) is 28.7 Å². The molecule has 2 N–H and O–H groups in total. The van der Waals surface area contributed by atoms with E-state index in [-0.39, 0.29) is 28.8 Å². The van der Waals surface area contributed by atoms with E-state index < -0.39 is 24.3 Å². The standard InChI is InChI=1S/C18H14F3NO3/c19-18(20,21)17-14(13-8-12(23)6-7-15(13)22-17)9-16(24)25-10-11-4-2-1-3-5-11/h1-8,22-23H,9-10H2. The van der Waals surface area contributed by atoms with Gasteiger partial charge in [-0.2, -0.15) is 13.2 Å². The van der Waals surface area contributed by atoms with Gasteiger partial charge < -0.3 is 14.8 Å². The number of fused-ring (bicyclic) bond motifs is 1. The summed E-state index contributed by atoms with van der Waals surface area (Å²) in [6, 6.07) is 12.6. The van der Waals surface area contributed by atoms with Gasteiger partial charge in [-0.05, 0) is 23.8 Å². The molecule has 3 aromatic rings. The van der Waals surface area contributed by atoms with Crippen molar-refractivity contribution < 1.29 is 27.8 Å². The SMILES string of the molecule is O=C(Cc1c(C(F)(F)F)[nH]c2ccc(O)cc12)OCc1ccccc1. The minimum Gasteiger partial charge on any atom is -0.508 e. The third kappa shape index (κ3) is 3.76.